The molecule has 0 aliphatic heterocycles. The molecule has 0 radical (unpaired) electrons. The Balaban J connectivity index is 2.28. The van der Waals surface area contributed by atoms with Gasteiger partial charge in [-0.2, -0.15) is 10.2 Å². The van der Waals surface area contributed by atoms with Gasteiger partial charge in [0.15, 0.2) is 0 Å². The molecule has 3 nitrogen and oxygen atoms in total. The lowest BCUT2D eigenvalue weighted by Crippen LogP contribution is -1.88. The summed E-state index contributed by atoms with van der Waals surface area (Å²) in [6.45, 7) is 1.88. The summed E-state index contributed by atoms with van der Waals surface area (Å²) in [5, 5.41) is 18.8. The maximum atomic E-state index is 9.58. The van der Waals surface area contributed by atoms with Gasteiger partial charge < -0.3 is 5.11 Å². The molecule has 0 spiro atoms. The highest BCUT2D eigenvalue weighted by Crippen LogP contribution is 2.29. The van der Waals surface area contributed by atoms with Crippen LogP contribution in [0.3, 0.4) is 0 Å². The number of nitrogens with zero attached hydrogens (tertiary/aromatic N) is 2. The third-order valence-corrected chi connectivity index (χ3v) is 3.05. The molecule has 18 heavy (non-hydrogen) atoms. The van der Waals surface area contributed by atoms with Gasteiger partial charge in [0, 0.05) is 10.9 Å². The van der Waals surface area contributed by atoms with E-state index in [2.05, 4.69) is 10.2 Å². The van der Waals surface area contributed by atoms with E-state index in [0.29, 0.717) is 5.75 Å². The van der Waals surface area contributed by atoms with Gasteiger partial charge in [-0.15, -0.1) is 0 Å². The predicted molar refractivity (Wildman–Crippen MR) is 71.4 cm³/mol. The second kappa shape index (κ2) is 4.11. The number of hydrogen-bond acceptors (Lipinski definition) is 3. The fourth-order valence-corrected chi connectivity index (χ4v) is 2.06. The molecule has 0 amide bonds. The minimum Gasteiger partial charge on any atom is -0.508 e. The normalized spacial score (nSPS) is 10.7. The molecule has 3 aromatic rings. The van der Waals surface area contributed by atoms with Crippen molar-refractivity contribution in [3.05, 3.63) is 54.2 Å². The van der Waals surface area contributed by atoms with Crippen LogP contribution in [0.25, 0.3) is 22.0 Å². The molecule has 0 saturated carbocycles. The highest BCUT2D eigenvalue weighted by atomic mass is 16.3. The Morgan fingerprint density at radius 3 is 2.72 bits per heavy atom. The zero-order chi connectivity index (χ0) is 12.5. The zero-order valence-corrected chi connectivity index (χ0v) is 9.96. The molecule has 3 rings (SSSR count). The lowest BCUT2D eigenvalue weighted by atomic mass is 10.0. The molecule has 0 aliphatic rings. The lowest BCUT2D eigenvalue weighted by molar-refractivity contribution is 0.471. The van der Waals surface area contributed by atoms with Crippen LogP contribution in [0.15, 0.2) is 48.7 Å². The van der Waals surface area contributed by atoms with Crippen molar-refractivity contribution in [3.8, 4) is 16.9 Å². The Morgan fingerprint density at radius 1 is 1.06 bits per heavy atom. The van der Waals surface area contributed by atoms with Gasteiger partial charge in [-0.3, -0.25) is 0 Å². The average molecular weight is 236 g/mol. The summed E-state index contributed by atoms with van der Waals surface area (Å²) in [5.74, 6) is 0.310. The van der Waals surface area contributed by atoms with Crippen molar-refractivity contribution in [2.45, 2.75) is 6.92 Å². The van der Waals surface area contributed by atoms with Gasteiger partial charge in [0.05, 0.1) is 11.7 Å². The molecule has 1 N–H and O–H groups in total. The first-order valence-electron chi connectivity index (χ1n) is 5.76. The van der Waals surface area contributed by atoms with Crippen molar-refractivity contribution in [2.75, 3.05) is 0 Å². The number of aromatic hydroxyl groups is 1. The molecule has 1 aromatic heterocycles. The highest BCUT2D eigenvalue weighted by Gasteiger charge is 2.06. The van der Waals surface area contributed by atoms with Crippen LogP contribution in [0, 0.1) is 6.92 Å². The number of rotatable bonds is 1. The highest BCUT2D eigenvalue weighted by molar-refractivity contribution is 5.93. The van der Waals surface area contributed by atoms with Crippen LogP contribution in [-0.4, -0.2) is 15.3 Å². The number of aryl methyl sites for hydroxylation is 1. The third kappa shape index (κ3) is 1.70. The smallest absolute Gasteiger partial charge is 0.118 e. The quantitative estimate of drug-likeness (QED) is 0.705. The van der Waals surface area contributed by atoms with E-state index in [1.165, 1.54) is 0 Å². The number of phenolic OH excluding ortho intramolecular Hbond substituents is 1. The van der Waals surface area contributed by atoms with E-state index in [-0.39, 0.29) is 0 Å². The molecule has 3 heteroatoms. The molecule has 0 bridgehead atoms. The summed E-state index contributed by atoms with van der Waals surface area (Å²) >= 11 is 0. The second-order valence-corrected chi connectivity index (χ2v) is 4.28. The predicted octanol–water partition coefficient (Wildman–Crippen LogP) is 3.31. The van der Waals surface area contributed by atoms with Gasteiger partial charge in [-0.25, -0.2) is 0 Å². The van der Waals surface area contributed by atoms with Crippen molar-refractivity contribution in [1.82, 2.24) is 10.2 Å². The van der Waals surface area contributed by atoms with Crippen LogP contribution in [0.2, 0.25) is 0 Å². The standard InChI is InChI=1S/C15H12N2O/c1-10-8-11(6-7-15(10)18)13-9-16-17-14-5-3-2-4-12(13)14/h2-9,18H,1H3. The van der Waals surface area contributed by atoms with Gasteiger partial charge >= 0.3 is 0 Å². The van der Waals surface area contributed by atoms with Crippen LogP contribution in [0.5, 0.6) is 5.75 Å². The van der Waals surface area contributed by atoms with E-state index < -0.39 is 0 Å². The van der Waals surface area contributed by atoms with Gasteiger partial charge in [-0.05, 0) is 36.2 Å². The van der Waals surface area contributed by atoms with Crippen LogP contribution in [-0.2, 0) is 0 Å². The minimum absolute atomic E-state index is 0.310. The van der Waals surface area contributed by atoms with Crippen molar-refractivity contribution in [3.63, 3.8) is 0 Å². The number of aromatic nitrogens is 2. The largest absolute Gasteiger partial charge is 0.508 e. The maximum absolute atomic E-state index is 9.58. The summed E-state index contributed by atoms with van der Waals surface area (Å²) in [4.78, 5) is 0. The van der Waals surface area contributed by atoms with Crippen LogP contribution >= 0.6 is 0 Å². The molecule has 1 heterocycles. The molecule has 0 atom stereocenters. The second-order valence-electron chi connectivity index (χ2n) is 4.28. The van der Waals surface area contributed by atoms with E-state index in [1.807, 2.05) is 43.3 Å². The van der Waals surface area contributed by atoms with Gasteiger partial charge in [0.25, 0.3) is 0 Å². The molecule has 0 saturated heterocycles. The van der Waals surface area contributed by atoms with Crippen LogP contribution in [0.4, 0.5) is 0 Å². The summed E-state index contributed by atoms with van der Waals surface area (Å²) in [6.07, 6.45) is 1.76. The number of hydrogen-bond donors (Lipinski definition) is 1. The molecule has 0 aliphatic carbocycles. The van der Waals surface area contributed by atoms with Crippen molar-refractivity contribution in [1.29, 1.82) is 0 Å². The van der Waals surface area contributed by atoms with Gasteiger partial charge in [0.1, 0.15) is 5.75 Å². The Bertz CT molecular complexity index is 717. The zero-order valence-electron chi connectivity index (χ0n) is 9.96. The van der Waals surface area contributed by atoms with Crippen molar-refractivity contribution in [2.24, 2.45) is 0 Å². The SMILES string of the molecule is Cc1cc(-c2cnnc3ccccc23)ccc1O. The van der Waals surface area contributed by atoms with Crippen LogP contribution < -0.4 is 0 Å². The fourth-order valence-electron chi connectivity index (χ4n) is 2.06. The molecule has 0 unspecified atom stereocenters. The van der Waals surface area contributed by atoms with E-state index in [9.17, 15) is 5.11 Å². The number of fused-ring (bicyclic) bond motifs is 1. The molecular formula is C15H12N2O. The number of phenols is 1. The monoisotopic (exact) mass is 236 g/mol. The van der Waals surface area contributed by atoms with Crippen molar-refractivity contribution < 1.29 is 5.11 Å². The summed E-state index contributed by atoms with van der Waals surface area (Å²) in [6, 6.07) is 13.5. The third-order valence-electron chi connectivity index (χ3n) is 3.05. The average Bonchev–Trinajstić information content (AvgIpc) is 2.41. The minimum atomic E-state index is 0.310. The first-order valence-corrected chi connectivity index (χ1v) is 5.76. The molecule has 0 fully saturated rings. The summed E-state index contributed by atoms with van der Waals surface area (Å²) < 4.78 is 0. The first-order chi connectivity index (χ1) is 8.75. The van der Waals surface area contributed by atoms with E-state index in [1.54, 1.807) is 12.3 Å². The summed E-state index contributed by atoms with van der Waals surface area (Å²) in [5.41, 5.74) is 3.80. The van der Waals surface area contributed by atoms with E-state index >= 15 is 0 Å². The Hall–Kier alpha value is -2.42. The molecule has 88 valence electrons. The van der Waals surface area contributed by atoms with Crippen molar-refractivity contribution >= 4 is 10.9 Å². The topological polar surface area (TPSA) is 46.0 Å². The Labute approximate surface area is 105 Å². The lowest BCUT2D eigenvalue weighted by Gasteiger charge is -2.07. The Morgan fingerprint density at radius 2 is 1.89 bits per heavy atom. The van der Waals surface area contributed by atoms with Gasteiger partial charge in [0.2, 0.25) is 0 Å². The number of benzene rings is 2. The van der Waals surface area contributed by atoms with E-state index in [4.69, 9.17) is 0 Å². The maximum Gasteiger partial charge on any atom is 0.118 e. The molecular weight excluding hydrogens is 224 g/mol. The summed E-state index contributed by atoms with van der Waals surface area (Å²) in [7, 11) is 0. The van der Waals surface area contributed by atoms with Crippen LogP contribution in [0.1, 0.15) is 5.56 Å². The molecule has 2 aromatic carbocycles. The first kappa shape index (κ1) is 10.7. The Kier molecular flexibility index (Phi) is 2.45. The van der Waals surface area contributed by atoms with E-state index in [0.717, 1.165) is 27.6 Å². The fraction of sp³-hybridized carbons (Fsp3) is 0.0667. The van der Waals surface area contributed by atoms with Gasteiger partial charge in [-0.1, -0.05) is 24.3 Å².